The first kappa shape index (κ1) is 12.3. The van der Waals surface area contributed by atoms with Crippen molar-refractivity contribution in [3.63, 3.8) is 0 Å². The van der Waals surface area contributed by atoms with Crippen molar-refractivity contribution >= 4 is 11.6 Å². The molecule has 2 N–H and O–H groups in total. The van der Waals surface area contributed by atoms with E-state index in [9.17, 15) is 4.79 Å². The van der Waals surface area contributed by atoms with Crippen LogP contribution in [0.5, 0.6) is 5.75 Å². The van der Waals surface area contributed by atoms with Crippen LogP contribution in [0.3, 0.4) is 0 Å². The zero-order valence-electron chi connectivity index (χ0n) is 11.3. The van der Waals surface area contributed by atoms with Gasteiger partial charge in [-0.05, 0) is 44.2 Å². The van der Waals surface area contributed by atoms with Gasteiger partial charge in [-0.3, -0.25) is 4.79 Å². The molecule has 0 aromatic heterocycles. The number of nitrogens with two attached hydrogens (primary N) is 1. The third-order valence-electron chi connectivity index (χ3n) is 4.16. The van der Waals surface area contributed by atoms with Crippen LogP contribution >= 0.6 is 0 Å². The van der Waals surface area contributed by atoms with Crippen LogP contribution in [-0.2, 0) is 0 Å². The van der Waals surface area contributed by atoms with Gasteiger partial charge in [-0.2, -0.15) is 0 Å². The lowest BCUT2D eigenvalue weighted by molar-refractivity contribution is 0.0703. The fourth-order valence-electron chi connectivity index (χ4n) is 3.33. The lowest BCUT2D eigenvalue weighted by Crippen LogP contribution is -2.37. The quantitative estimate of drug-likeness (QED) is 0.848. The van der Waals surface area contributed by atoms with Gasteiger partial charge >= 0.3 is 0 Å². The van der Waals surface area contributed by atoms with Gasteiger partial charge in [-0.15, -0.1) is 0 Å². The van der Waals surface area contributed by atoms with Crippen molar-refractivity contribution in [1.29, 1.82) is 0 Å². The summed E-state index contributed by atoms with van der Waals surface area (Å²) in [4.78, 5) is 14.6. The Balaban J connectivity index is 1.83. The molecule has 2 unspecified atom stereocenters. The molecule has 1 amide bonds. The molecule has 2 fully saturated rings. The predicted octanol–water partition coefficient (Wildman–Crippen LogP) is 2.29. The molecule has 1 aromatic carbocycles. The van der Waals surface area contributed by atoms with Crippen LogP contribution in [0.15, 0.2) is 18.2 Å². The Bertz CT molecular complexity index is 501. The number of hydrogen-bond acceptors (Lipinski definition) is 3. The van der Waals surface area contributed by atoms with E-state index < -0.39 is 0 Å². The molecule has 4 heteroatoms. The van der Waals surface area contributed by atoms with E-state index in [1.807, 2.05) is 11.8 Å². The maximum absolute atomic E-state index is 12.6. The van der Waals surface area contributed by atoms with E-state index in [0.29, 0.717) is 35.6 Å². The zero-order chi connectivity index (χ0) is 13.4. The first-order valence-electron chi connectivity index (χ1n) is 7.01. The fraction of sp³-hybridized carbons (Fsp3) is 0.533. The SMILES string of the molecule is CCOc1cc(N)cc(C(=O)N2CC3CCC2C3)c1. The molecule has 4 nitrogen and oxygen atoms in total. The van der Waals surface area contributed by atoms with Crippen molar-refractivity contribution in [2.45, 2.75) is 32.2 Å². The second kappa shape index (κ2) is 4.76. The second-order valence-electron chi connectivity index (χ2n) is 5.51. The molecule has 2 atom stereocenters. The zero-order valence-corrected chi connectivity index (χ0v) is 11.3. The van der Waals surface area contributed by atoms with Crippen LogP contribution in [-0.4, -0.2) is 30.0 Å². The summed E-state index contributed by atoms with van der Waals surface area (Å²) in [5, 5.41) is 0. The number of carbonyl (C=O) groups excluding carboxylic acids is 1. The average molecular weight is 260 g/mol. The minimum Gasteiger partial charge on any atom is -0.494 e. The van der Waals surface area contributed by atoms with Crippen molar-refractivity contribution in [1.82, 2.24) is 4.90 Å². The summed E-state index contributed by atoms with van der Waals surface area (Å²) in [5.41, 5.74) is 7.08. The number of amides is 1. The molecular weight excluding hydrogens is 240 g/mol. The van der Waals surface area contributed by atoms with Crippen molar-refractivity contribution in [3.05, 3.63) is 23.8 Å². The van der Waals surface area contributed by atoms with Gasteiger partial charge in [0, 0.05) is 29.9 Å². The maximum Gasteiger partial charge on any atom is 0.254 e. The molecule has 1 saturated heterocycles. The third-order valence-corrected chi connectivity index (χ3v) is 4.16. The number of nitrogen functional groups attached to an aromatic ring is 1. The normalized spacial score (nSPS) is 24.8. The van der Waals surface area contributed by atoms with Crippen molar-refractivity contribution < 1.29 is 9.53 Å². The van der Waals surface area contributed by atoms with E-state index in [2.05, 4.69) is 0 Å². The van der Waals surface area contributed by atoms with Gasteiger partial charge in [0.2, 0.25) is 0 Å². The van der Waals surface area contributed by atoms with Crippen LogP contribution in [0.25, 0.3) is 0 Å². The smallest absolute Gasteiger partial charge is 0.254 e. The van der Waals surface area contributed by atoms with Gasteiger partial charge in [0.25, 0.3) is 5.91 Å². The van der Waals surface area contributed by atoms with E-state index in [1.54, 1.807) is 18.2 Å². The highest BCUT2D eigenvalue weighted by Gasteiger charge is 2.40. The maximum atomic E-state index is 12.6. The predicted molar refractivity (Wildman–Crippen MR) is 74.2 cm³/mol. The van der Waals surface area contributed by atoms with E-state index >= 15 is 0 Å². The summed E-state index contributed by atoms with van der Waals surface area (Å²) in [6, 6.07) is 5.75. The van der Waals surface area contributed by atoms with E-state index in [0.717, 1.165) is 13.0 Å². The molecule has 3 rings (SSSR count). The number of piperidine rings is 1. The number of benzene rings is 1. The number of anilines is 1. The minimum absolute atomic E-state index is 0.0976. The van der Waals surface area contributed by atoms with Crippen LogP contribution in [0.1, 0.15) is 36.5 Å². The number of ether oxygens (including phenoxy) is 1. The molecule has 1 heterocycles. The van der Waals surface area contributed by atoms with Crippen molar-refractivity contribution in [3.8, 4) is 5.75 Å². The van der Waals surface area contributed by atoms with E-state index in [1.165, 1.54) is 12.8 Å². The highest BCUT2D eigenvalue weighted by atomic mass is 16.5. The Morgan fingerprint density at radius 2 is 2.26 bits per heavy atom. The summed E-state index contributed by atoms with van der Waals surface area (Å²) >= 11 is 0. The molecule has 102 valence electrons. The summed E-state index contributed by atoms with van der Waals surface area (Å²) in [5.74, 6) is 1.48. The standard InChI is InChI=1S/C15H20N2O2/c1-2-19-14-7-11(6-12(16)8-14)15(18)17-9-10-3-4-13(17)5-10/h6-8,10,13H,2-5,9,16H2,1H3. The summed E-state index contributed by atoms with van der Waals surface area (Å²) in [6.45, 7) is 3.40. The number of hydrogen-bond donors (Lipinski definition) is 1. The molecule has 1 aliphatic carbocycles. The van der Waals surface area contributed by atoms with Crippen LogP contribution in [0.2, 0.25) is 0 Å². The molecule has 0 radical (unpaired) electrons. The molecule has 2 bridgehead atoms. The lowest BCUT2D eigenvalue weighted by atomic mass is 10.1. The van der Waals surface area contributed by atoms with Gasteiger partial charge < -0.3 is 15.4 Å². The molecule has 1 aliphatic heterocycles. The Kier molecular flexibility index (Phi) is 3.09. The van der Waals surface area contributed by atoms with E-state index in [4.69, 9.17) is 10.5 Å². The largest absolute Gasteiger partial charge is 0.494 e. The van der Waals surface area contributed by atoms with E-state index in [-0.39, 0.29) is 5.91 Å². The van der Waals surface area contributed by atoms with Gasteiger partial charge in [-0.1, -0.05) is 0 Å². The fourth-order valence-corrected chi connectivity index (χ4v) is 3.33. The monoisotopic (exact) mass is 260 g/mol. The number of rotatable bonds is 3. The second-order valence-corrected chi connectivity index (χ2v) is 5.51. The van der Waals surface area contributed by atoms with Gasteiger partial charge in [0.05, 0.1) is 6.61 Å². The molecule has 2 aliphatic rings. The number of fused-ring (bicyclic) bond motifs is 2. The summed E-state index contributed by atoms with van der Waals surface area (Å²) < 4.78 is 5.45. The topological polar surface area (TPSA) is 55.6 Å². The molecule has 19 heavy (non-hydrogen) atoms. The molecular formula is C15H20N2O2. The van der Waals surface area contributed by atoms with Gasteiger partial charge in [0.1, 0.15) is 5.75 Å². The Morgan fingerprint density at radius 3 is 2.89 bits per heavy atom. The summed E-state index contributed by atoms with van der Waals surface area (Å²) in [6.07, 6.45) is 3.60. The minimum atomic E-state index is 0.0976. The summed E-state index contributed by atoms with van der Waals surface area (Å²) in [7, 11) is 0. The molecule has 1 aromatic rings. The Labute approximate surface area is 113 Å². The highest BCUT2D eigenvalue weighted by Crippen LogP contribution is 2.38. The number of nitrogens with zero attached hydrogens (tertiary/aromatic N) is 1. The molecule has 0 spiro atoms. The van der Waals surface area contributed by atoms with Crippen LogP contribution in [0.4, 0.5) is 5.69 Å². The lowest BCUT2D eigenvalue weighted by Gasteiger charge is -2.27. The van der Waals surface area contributed by atoms with Crippen molar-refractivity contribution in [2.75, 3.05) is 18.9 Å². The Morgan fingerprint density at radius 1 is 1.42 bits per heavy atom. The van der Waals surface area contributed by atoms with Gasteiger partial charge in [0.15, 0.2) is 0 Å². The Hall–Kier alpha value is -1.71. The highest BCUT2D eigenvalue weighted by molar-refractivity contribution is 5.96. The average Bonchev–Trinajstić information content (AvgIpc) is 2.99. The van der Waals surface area contributed by atoms with Crippen LogP contribution in [0, 0.1) is 5.92 Å². The first-order valence-corrected chi connectivity index (χ1v) is 7.01. The number of likely N-dealkylation sites (tertiary alicyclic amines) is 1. The van der Waals surface area contributed by atoms with Crippen molar-refractivity contribution in [2.24, 2.45) is 5.92 Å². The first-order chi connectivity index (χ1) is 9.17. The van der Waals surface area contributed by atoms with Gasteiger partial charge in [-0.25, -0.2) is 0 Å². The van der Waals surface area contributed by atoms with Crippen LogP contribution < -0.4 is 10.5 Å². The molecule has 1 saturated carbocycles. The third kappa shape index (κ3) is 2.27. The number of carbonyl (C=O) groups is 1.